The fourth-order valence-corrected chi connectivity index (χ4v) is 4.11. The Kier molecular flexibility index (Phi) is 5.75. The quantitative estimate of drug-likeness (QED) is 0.479. The summed E-state index contributed by atoms with van der Waals surface area (Å²) >= 11 is 6.00. The highest BCUT2D eigenvalue weighted by Gasteiger charge is 2.21. The summed E-state index contributed by atoms with van der Waals surface area (Å²) in [6, 6.07) is 19.2. The zero-order valence-corrected chi connectivity index (χ0v) is 18.2. The van der Waals surface area contributed by atoms with Crippen molar-refractivity contribution < 1.29 is 4.79 Å². The van der Waals surface area contributed by atoms with E-state index in [1.54, 1.807) is 18.3 Å². The first-order chi connectivity index (χ1) is 15.6. The van der Waals surface area contributed by atoms with Crippen molar-refractivity contribution in [1.29, 1.82) is 0 Å². The van der Waals surface area contributed by atoms with Crippen molar-refractivity contribution in [3.63, 3.8) is 0 Å². The van der Waals surface area contributed by atoms with E-state index in [-0.39, 0.29) is 6.03 Å². The molecule has 0 saturated carbocycles. The standard InChI is InChI=1S/C24H23ClN6O/c25-18-4-3-5-19(15-18)27-24(32)31-12-10-30(11-13-31)16-17-7-8-20-22(14-17)29-23(28-20)21-6-1-2-9-26-21/h1-9,14-15H,10-13,16H2,(H,27,32)(H,28,29). The van der Waals surface area contributed by atoms with Gasteiger partial charge >= 0.3 is 6.03 Å². The van der Waals surface area contributed by atoms with Gasteiger partial charge in [0.2, 0.25) is 0 Å². The Morgan fingerprint density at radius 3 is 2.69 bits per heavy atom. The van der Waals surface area contributed by atoms with Gasteiger partial charge in [-0.2, -0.15) is 0 Å². The van der Waals surface area contributed by atoms with Crippen LogP contribution >= 0.6 is 11.6 Å². The second kappa shape index (κ2) is 8.98. The molecular formula is C24H23ClN6O. The normalized spacial score (nSPS) is 14.6. The molecule has 2 aromatic carbocycles. The Bertz CT molecular complexity index is 1230. The van der Waals surface area contributed by atoms with E-state index in [2.05, 4.69) is 37.3 Å². The number of aromatic nitrogens is 3. The number of carbonyl (C=O) groups excluding carboxylic acids is 1. The van der Waals surface area contributed by atoms with E-state index in [1.807, 2.05) is 41.3 Å². The van der Waals surface area contributed by atoms with Crippen molar-refractivity contribution in [3.05, 3.63) is 77.4 Å². The number of amides is 2. The molecule has 32 heavy (non-hydrogen) atoms. The van der Waals surface area contributed by atoms with E-state index in [0.29, 0.717) is 23.8 Å². The first-order valence-corrected chi connectivity index (χ1v) is 11.0. The summed E-state index contributed by atoms with van der Waals surface area (Å²) in [5.74, 6) is 0.775. The third-order valence-corrected chi connectivity index (χ3v) is 5.83. The van der Waals surface area contributed by atoms with Crippen LogP contribution in [0.15, 0.2) is 66.9 Å². The topological polar surface area (TPSA) is 77.2 Å². The van der Waals surface area contributed by atoms with Crippen LogP contribution < -0.4 is 5.32 Å². The molecule has 2 amide bonds. The molecule has 2 N–H and O–H groups in total. The Morgan fingerprint density at radius 2 is 1.91 bits per heavy atom. The molecule has 0 unspecified atom stereocenters. The van der Waals surface area contributed by atoms with Crippen LogP contribution in [-0.4, -0.2) is 57.0 Å². The average Bonchev–Trinajstić information content (AvgIpc) is 3.24. The molecule has 0 aliphatic carbocycles. The lowest BCUT2D eigenvalue weighted by molar-refractivity contribution is 0.143. The molecule has 0 bridgehead atoms. The van der Waals surface area contributed by atoms with Crippen LogP contribution in [0.25, 0.3) is 22.6 Å². The van der Waals surface area contributed by atoms with E-state index in [4.69, 9.17) is 11.6 Å². The number of fused-ring (bicyclic) bond motifs is 1. The number of rotatable bonds is 4. The summed E-state index contributed by atoms with van der Waals surface area (Å²) in [7, 11) is 0. The highest BCUT2D eigenvalue weighted by atomic mass is 35.5. The number of H-pyrrole nitrogens is 1. The number of nitrogens with one attached hydrogen (secondary N) is 2. The molecule has 0 radical (unpaired) electrons. The van der Waals surface area contributed by atoms with Gasteiger partial charge in [-0.3, -0.25) is 9.88 Å². The number of anilines is 1. The first-order valence-electron chi connectivity index (χ1n) is 10.6. The number of urea groups is 1. The van der Waals surface area contributed by atoms with Gasteiger partial charge in [0.25, 0.3) is 0 Å². The lowest BCUT2D eigenvalue weighted by atomic mass is 10.1. The van der Waals surface area contributed by atoms with Gasteiger partial charge in [-0.15, -0.1) is 0 Å². The fraction of sp³-hybridized carbons (Fsp3) is 0.208. The van der Waals surface area contributed by atoms with Crippen LogP contribution in [0.2, 0.25) is 5.02 Å². The molecule has 1 aliphatic heterocycles. The highest BCUT2D eigenvalue weighted by molar-refractivity contribution is 6.30. The number of pyridine rings is 1. The van der Waals surface area contributed by atoms with E-state index in [0.717, 1.165) is 42.2 Å². The van der Waals surface area contributed by atoms with Crippen LogP contribution in [0.1, 0.15) is 5.56 Å². The van der Waals surface area contributed by atoms with Crippen LogP contribution in [0.4, 0.5) is 10.5 Å². The Hall–Kier alpha value is -3.42. The molecule has 1 saturated heterocycles. The van der Waals surface area contributed by atoms with Gasteiger partial charge < -0.3 is 15.2 Å². The minimum absolute atomic E-state index is 0.0900. The molecule has 1 aliphatic rings. The van der Waals surface area contributed by atoms with Crippen molar-refractivity contribution in [2.45, 2.75) is 6.54 Å². The molecule has 5 rings (SSSR count). The second-order valence-electron chi connectivity index (χ2n) is 7.86. The molecule has 7 nitrogen and oxygen atoms in total. The van der Waals surface area contributed by atoms with Gasteiger partial charge in [-0.25, -0.2) is 9.78 Å². The molecule has 2 aromatic heterocycles. The predicted octanol–water partition coefficient (Wildman–Crippen LogP) is 4.63. The zero-order chi connectivity index (χ0) is 21.9. The number of aromatic amines is 1. The maximum absolute atomic E-state index is 12.5. The summed E-state index contributed by atoms with van der Waals surface area (Å²) in [6.07, 6.45) is 1.77. The van der Waals surface area contributed by atoms with E-state index >= 15 is 0 Å². The maximum Gasteiger partial charge on any atom is 0.321 e. The monoisotopic (exact) mass is 446 g/mol. The van der Waals surface area contributed by atoms with E-state index in [1.165, 1.54) is 5.56 Å². The van der Waals surface area contributed by atoms with Crippen molar-refractivity contribution >= 4 is 34.4 Å². The molecule has 162 valence electrons. The third kappa shape index (κ3) is 4.59. The summed E-state index contributed by atoms with van der Waals surface area (Å²) < 4.78 is 0. The highest BCUT2D eigenvalue weighted by Crippen LogP contribution is 2.21. The number of benzene rings is 2. The van der Waals surface area contributed by atoms with E-state index in [9.17, 15) is 4.79 Å². The number of halogens is 1. The van der Waals surface area contributed by atoms with Gasteiger partial charge in [0.05, 0.1) is 11.0 Å². The Balaban J connectivity index is 1.19. The number of nitrogens with zero attached hydrogens (tertiary/aromatic N) is 4. The van der Waals surface area contributed by atoms with Gasteiger partial charge in [0, 0.05) is 49.6 Å². The van der Waals surface area contributed by atoms with Gasteiger partial charge in [0.1, 0.15) is 5.69 Å². The number of hydrogen-bond acceptors (Lipinski definition) is 4. The number of hydrogen-bond donors (Lipinski definition) is 2. The van der Waals surface area contributed by atoms with Crippen LogP contribution in [0, 0.1) is 0 Å². The zero-order valence-electron chi connectivity index (χ0n) is 17.5. The summed E-state index contributed by atoms with van der Waals surface area (Å²) in [6.45, 7) is 3.84. The van der Waals surface area contributed by atoms with Gasteiger partial charge in [-0.1, -0.05) is 29.8 Å². The largest absolute Gasteiger partial charge is 0.337 e. The fourth-order valence-electron chi connectivity index (χ4n) is 3.92. The summed E-state index contributed by atoms with van der Waals surface area (Å²) in [5, 5.41) is 3.53. The molecule has 4 aromatic rings. The second-order valence-corrected chi connectivity index (χ2v) is 8.29. The lowest BCUT2D eigenvalue weighted by Gasteiger charge is -2.34. The smallest absolute Gasteiger partial charge is 0.321 e. The van der Waals surface area contributed by atoms with Gasteiger partial charge in [0.15, 0.2) is 5.82 Å². The van der Waals surface area contributed by atoms with Crippen molar-refractivity contribution in [2.75, 3.05) is 31.5 Å². The maximum atomic E-state index is 12.5. The van der Waals surface area contributed by atoms with Crippen molar-refractivity contribution in [1.82, 2.24) is 24.8 Å². The minimum atomic E-state index is -0.0900. The average molecular weight is 447 g/mol. The molecule has 1 fully saturated rings. The predicted molar refractivity (Wildman–Crippen MR) is 127 cm³/mol. The van der Waals surface area contributed by atoms with Gasteiger partial charge in [-0.05, 0) is 48.0 Å². The molecule has 0 spiro atoms. The molecule has 0 atom stereocenters. The van der Waals surface area contributed by atoms with E-state index < -0.39 is 0 Å². The Labute approximate surface area is 191 Å². The number of imidazole rings is 1. The summed E-state index contributed by atoms with van der Waals surface area (Å²) in [4.78, 5) is 29.1. The molecule has 8 heteroatoms. The molecule has 3 heterocycles. The summed E-state index contributed by atoms with van der Waals surface area (Å²) in [5.41, 5.74) is 4.69. The van der Waals surface area contributed by atoms with Crippen LogP contribution in [0.3, 0.4) is 0 Å². The molecular weight excluding hydrogens is 424 g/mol. The van der Waals surface area contributed by atoms with Crippen molar-refractivity contribution in [3.8, 4) is 11.5 Å². The number of carbonyl (C=O) groups is 1. The minimum Gasteiger partial charge on any atom is -0.337 e. The third-order valence-electron chi connectivity index (χ3n) is 5.60. The SMILES string of the molecule is O=C(Nc1cccc(Cl)c1)N1CCN(Cc2ccc3nc(-c4ccccn4)[nH]c3c2)CC1. The Morgan fingerprint density at radius 1 is 1.03 bits per heavy atom. The first kappa shape index (κ1) is 20.5. The number of piperazine rings is 1. The lowest BCUT2D eigenvalue weighted by Crippen LogP contribution is -2.49. The van der Waals surface area contributed by atoms with Crippen LogP contribution in [-0.2, 0) is 6.54 Å². The van der Waals surface area contributed by atoms with Crippen LogP contribution in [0.5, 0.6) is 0 Å². The van der Waals surface area contributed by atoms with Crippen molar-refractivity contribution in [2.24, 2.45) is 0 Å².